The number of hydrogen-bond donors (Lipinski definition) is 0. The van der Waals surface area contributed by atoms with Crippen molar-refractivity contribution in [2.24, 2.45) is 4.99 Å². The lowest BCUT2D eigenvalue weighted by atomic mass is 9.85. The molecule has 5 aromatic rings. The van der Waals surface area contributed by atoms with Crippen molar-refractivity contribution in [1.29, 1.82) is 0 Å². The number of aryl methyl sites for hydroxylation is 1. The molecule has 2 aromatic carbocycles. The van der Waals surface area contributed by atoms with Crippen LogP contribution in [-0.4, -0.2) is 6.21 Å². The number of furan rings is 2. The summed E-state index contributed by atoms with van der Waals surface area (Å²) in [6, 6.07) is 12.6. The maximum absolute atomic E-state index is 5.96. The summed E-state index contributed by atoms with van der Waals surface area (Å²) in [5.41, 5.74) is 5.41. The van der Waals surface area contributed by atoms with Crippen LogP contribution in [0.1, 0.15) is 43.2 Å². The van der Waals surface area contributed by atoms with E-state index in [2.05, 4.69) is 49.3 Å². The van der Waals surface area contributed by atoms with Gasteiger partial charge in [0.1, 0.15) is 16.9 Å². The molecule has 3 aromatic heterocycles. The van der Waals surface area contributed by atoms with E-state index >= 15 is 0 Å². The zero-order valence-electron chi connectivity index (χ0n) is 17.5. The van der Waals surface area contributed by atoms with Crippen LogP contribution in [0.25, 0.3) is 38.1 Å². The van der Waals surface area contributed by atoms with Crippen LogP contribution >= 0.6 is 11.3 Å². The van der Waals surface area contributed by atoms with Crippen molar-refractivity contribution in [1.82, 2.24) is 0 Å². The fourth-order valence-electron chi connectivity index (χ4n) is 3.89. The van der Waals surface area contributed by atoms with E-state index in [9.17, 15) is 0 Å². The summed E-state index contributed by atoms with van der Waals surface area (Å²) in [5.74, 6) is 0.777. The van der Waals surface area contributed by atoms with Crippen LogP contribution < -0.4 is 0 Å². The van der Waals surface area contributed by atoms with Crippen LogP contribution in [0.5, 0.6) is 0 Å². The molecule has 0 fully saturated rings. The molecule has 0 unspecified atom stereocenters. The number of rotatable bonds is 3. The van der Waals surface area contributed by atoms with Gasteiger partial charge in [-0.3, -0.25) is 4.99 Å². The molecule has 0 N–H and O–H groups in total. The van der Waals surface area contributed by atoms with Gasteiger partial charge in [0, 0.05) is 27.9 Å². The Morgan fingerprint density at radius 2 is 1.87 bits per heavy atom. The van der Waals surface area contributed by atoms with Crippen LogP contribution in [0.2, 0.25) is 0 Å². The standard InChI is InChI=1S/C26H23NO2S/c1-16-15-28-23-6-5-22-20(24(16)23)13-19(29-22)7-9-27-14-17-11-18-8-10-30-25(18)21(12-17)26(2,3)4/h5-15H,1-4H3/b9-7-,27-14?. The molecule has 0 saturated carbocycles. The van der Waals surface area contributed by atoms with E-state index in [1.807, 2.05) is 37.4 Å². The van der Waals surface area contributed by atoms with Gasteiger partial charge in [0.15, 0.2) is 0 Å². The summed E-state index contributed by atoms with van der Waals surface area (Å²) in [4.78, 5) is 4.51. The Hall–Kier alpha value is -3.11. The number of thiophene rings is 1. The van der Waals surface area contributed by atoms with E-state index in [4.69, 9.17) is 8.83 Å². The monoisotopic (exact) mass is 413 g/mol. The van der Waals surface area contributed by atoms with Crippen LogP contribution in [0.4, 0.5) is 0 Å². The van der Waals surface area contributed by atoms with E-state index in [0.717, 1.165) is 38.8 Å². The minimum absolute atomic E-state index is 0.0909. The van der Waals surface area contributed by atoms with E-state index in [-0.39, 0.29) is 5.41 Å². The molecular weight excluding hydrogens is 390 g/mol. The van der Waals surface area contributed by atoms with E-state index in [1.54, 1.807) is 23.8 Å². The first-order valence-corrected chi connectivity index (χ1v) is 10.9. The van der Waals surface area contributed by atoms with Gasteiger partial charge in [0.25, 0.3) is 0 Å². The van der Waals surface area contributed by atoms with Crippen LogP contribution in [-0.2, 0) is 5.41 Å². The van der Waals surface area contributed by atoms with Gasteiger partial charge < -0.3 is 8.83 Å². The Kier molecular flexibility index (Phi) is 4.40. The first-order valence-electron chi connectivity index (χ1n) is 10.0. The maximum atomic E-state index is 5.96. The number of nitrogens with zero attached hydrogens (tertiary/aromatic N) is 1. The number of aliphatic imine (C=N–C) groups is 1. The number of fused-ring (bicyclic) bond motifs is 4. The Balaban J connectivity index is 1.45. The van der Waals surface area contributed by atoms with Crippen molar-refractivity contribution in [2.75, 3.05) is 0 Å². The lowest BCUT2D eigenvalue weighted by Gasteiger charge is -2.20. The Bertz CT molecular complexity index is 1440. The summed E-state index contributed by atoms with van der Waals surface area (Å²) in [7, 11) is 0. The summed E-state index contributed by atoms with van der Waals surface area (Å²) in [5, 5.41) is 5.61. The predicted molar refractivity (Wildman–Crippen MR) is 128 cm³/mol. The van der Waals surface area contributed by atoms with E-state index in [1.165, 1.54) is 15.6 Å². The van der Waals surface area contributed by atoms with Crippen molar-refractivity contribution in [3.05, 3.63) is 76.7 Å². The van der Waals surface area contributed by atoms with Crippen molar-refractivity contribution in [3.63, 3.8) is 0 Å². The molecule has 0 aliphatic rings. The average Bonchev–Trinajstić information content (AvgIpc) is 3.41. The third kappa shape index (κ3) is 3.27. The highest BCUT2D eigenvalue weighted by Gasteiger charge is 2.18. The number of hydrogen-bond acceptors (Lipinski definition) is 4. The fraction of sp³-hybridized carbons (Fsp3) is 0.192. The minimum atomic E-state index is 0.0909. The van der Waals surface area contributed by atoms with Crippen LogP contribution in [0.3, 0.4) is 0 Å². The lowest BCUT2D eigenvalue weighted by Crippen LogP contribution is -2.11. The summed E-state index contributed by atoms with van der Waals surface area (Å²) >= 11 is 1.80. The normalized spacial score (nSPS) is 13.1. The van der Waals surface area contributed by atoms with Gasteiger partial charge in [-0.2, -0.15) is 0 Å². The Labute approximate surface area is 179 Å². The Morgan fingerprint density at radius 1 is 1.03 bits per heavy atom. The largest absolute Gasteiger partial charge is 0.464 e. The van der Waals surface area contributed by atoms with Gasteiger partial charge >= 0.3 is 0 Å². The smallest absolute Gasteiger partial charge is 0.135 e. The molecule has 0 radical (unpaired) electrons. The highest BCUT2D eigenvalue weighted by Crippen LogP contribution is 2.34. The Morgan fingerprint density at radius 3 is 2.70 bits per heavy atom. The molecule has 0 aliphatic carbocycles. The lowest BCUT2D eigenvalue weighted by molar-refractivity contribution is 0.596. The third-order valence-electron chi connectivity index (χ3n) is 5.37. The highest BCUT2D eigenvalue weighted by atomic mass is 32.1. The van der Waals surface area contributed by atoms with Crippen molar-refractivity contribution >= 4 is 55.7 Å². The molecule has 0 spiro atoms. The van der Waals surface area contributed by atoms with Crippen molar-refractivity contribution in [3.8, 4) is 0 Å². The molecule has 0 atom stereocenters. The van der Waals surface area contributed by atoms with Gasteiger partial charge in [-0.25, -0.2) is 0 Å². The van der Waals surface area contributed by atoms with Gasteiger partial charge in [-0.05, 0) is 82.3 Å². The summed E-state index contributed by atoms with van der Waals surface area (Å²) in [6.45, 7) is 8.81. The van der Waals surface area contributed by atoms with Gasteiger partial charge in [-0.1, -0.05) is 20.8 Å². The zero-order chi connectivity index (χ0) is 20.9. The SMILES string of the molecule is Cc1coc2ccc3oc(/C=C\N=Cc4cc(C(C)(C)C)c5sccc5c4)cc3c12. The topological polar surface area (TPSA) is 38.6 Å². The van der Waals surface area contributed by atoms with E-state index in [0.29, 0.717) is 0 Å². The summed E-state index contributed by atoms with van der Waals surface area (Å²) < 4.78 is 12.9. The van der Waals surface area contributed by atoms with Crippen LogP contribution in [0.15, 0.2) is 68.1 Å². The fourth-order valence-corrected chi connectivity index (χ4v) is 5.00. The second-order valence-electron chi connectivity index (χ2n) is 8.67. The van der Waals surface area contributed by atoms with Crippen molar-refractivity contribution in [2.45, 2.75) is 33.1 Å². The zero-order valence-corrected chi connectivity index (χ0v) is 18.3. The molecule has 150 valence electrons. The first-order chi connectivity index (χ1) is 14.4. The highest BCUT2D eigenvalue weighted by molar-refractivity contribution is 7.17. The quantitative estimate of drug-likeness (QED) is 0.280. The molecule has 3 heterocycles. The molecule has 5 rings (SSSR count). The van der Waals surface area contributed by atoms with Gasteiger partial charge in [0.05, 0.1) is 6.26 Å². The van der Waals surface area contributed by atoms with Gasteiger partial charge in [0.2, 0.25) is 0 Å². The molecular formula is C26H23NO2S. The molecule has 30 heavy (non-hydrogen) atoms. The minimum Gasteiger partial charge on any atom is -0.464 e. The maximum Gasteiger partial charge on any atom is 0.135 e. The number of benzene rings is 2. The molecule has 0 bridgehead atoms. The van der Waals surface area contributed by atoms with Gasteiger partial charge in [-0.15, -0.1) is 11.3 Å². The molecule has 0 saturated heterocycles. The summed E-state index contributed by atoms with van der Waals surface area (Å²) in [6.07, 6.45) is 7.37. The first kappa shape index (κ1) is 18.9. The molecule has 3 nitrogen and oxygen atoms in total. The van der Waals surface area contributed by atoms with Crippen molar-refractivity contribution < 1.29 is 8.83 Å². The molecule has 4 heteroatoms. The second kappa shape index (κ2) is 6.99. The molecule has 0 aliphatic heterocycles. The van der Waals surface area contributed by atoms with Crippen LogP contribution in [0, 0.1) is 6.92 Å². The third-order valence-corrected chi connectivity index (χ3v) is 6.33. The second-order valence-corrected chi connectivity index (χ2v) is 9.59. The van der Waals surface area contributed by atoms with E-state index < -0.39 is 0 Å². The predicted octanol–water partition coefficient (Wildman–Crippen LogP) is 8.09. The molecule has 0 amide bonds. The average molecular weight is 414 g/mol.